The van der Waals surface area contributed by atoms with E-state index in [1.807, 2.05) is 42.0 Å². The first kappa shape index (κ1) is 10.6. The smallest absolute Gasteiger partial charge is 0.176 e. The number of hydrogen-bond acceptors (Lipinski definition) is 2. The highest BCUT2D eigenvalue weighted by Crippen LogP contribution is 2.09. The molecule has 0 fully saturated rings. The lowest BCUT2D eigenvalue weighted by Crippen LogP contribution is -2.08. The average Bonchev–Trinajstić information content (AvgIpc) is 2.69. The van der Waals surface area contributed by atoms with E-state index in [0.717, 1.165) is 17.0 Å². The molecule has 2 heterocycles. The molecule has 0 saturated heterocycles. The minimum absolute atomic E-state index is 0.0820. The van der Waals surface area contributed by atoms with E-state index < -0.39 is 0 Å². The van der Waals surface area contributed by atoms with Gasteiger partial charge in [0.1, 0.15) is 0 Å². The number of pyridine rings is 1. The van der Waals surface area contributed by atoms with Crippen molar-refractivity contribution in [3.8, 4) is 0 Å². The lowest BCUT2D eigenvalue weighted by Gasteiger charge is -2.08. The van der Waals surface area contributed by atoms with Crippen molar-refractivity contribution in [1.29, 1.82) is 0 Å². The summed E-state index contributed by atoms with van der Waals surface area (Å²) in [5.41, 5.74) is 2.87. The Morgan fingerprint density at radius 3 is 2.88 bits per heavy atom. The predicted octanol–water partition coefficient (Wildman–Crippen LogP) is 2.44. The minimum atomic E-state index is 0.0820. The van der Waals surface area contributed by atoms with Crippen LogP contribution in [0.25, 0.3) is 0 Å². The summed E-state index contributed by atoms with van der Waals surface area (Å²) in [7, 11) is 0. The topological polar surface area (TPSA) is 34.9 Å². The van der Waals surface area contributed by atoms with E-state index in [2.05, 4.69) is 4.98 Å². The van der Waals surface area contributed by atoms with Gasteiger partial charge in [0.25, 0.3) is 0 Å². The van der Waals surface area contributed by atoms with E-state index in [0.29, 0.717) is 6.54 Å². The van der Waals surface area contributed by atoms with Gasteiger partial charge in [0.15, 0.2) is 5.78 Å². The maximum atomic E-state index is 11.4. The second kappa shape index (κ2) is 4.31. The van der Waals surface area contributed by atoms with Crippen LogP contribution in [0.3, 0.4) is 0 Å². The molecule has 0 unspecified atom stereocenters. The second-order valence-corrected chi connectivity index (χ2v) is 3.84. The Morgan fingerprint density at radius 2 is 2.19 bits per heavy atom. The zero-order valence-corrected chi connectivity index (χ0v) is 9.47. The van der Waals surface area contributed by atoms with E-state index in [1.165, 1.54) is 0 Å². The van der Waals surface area contributed by atoms with Crippen LogP contribution in [0, 0.1) is 6.92 Å². The summed E-state index contributed by atoms with van der Waals surface area (Å²) < 4.78 is 1.93. The van der Waals surface area contributed by atoms with Gasteiger partial charge in [-0.2, -0.15) is 0 Å². The maximum absolute atomic E-state index is 11.4. The van der Waals surface area contributed by atoms with Gasteiger partial charge in [-0.05, 0) is 30.7 Å². The lowest BCUT2D eigenvalue weighted by molar-refractivity contribution is 0.100. The summed E-state index contributed by atoms with van der Waals surface area (Å²) in [5, 5.41) is 0. The molecule has 0 spiro atoms. The van der Waals surface area contributed by atoms with E-state index in [1.54, 1.807) is 13.1 Å². The number of hydrogen-bond donors (Lipinski definition) is 0. The predicted molar refractivity (Wildman–Crippen MR) is 62.5 cm³/mol. The van der Waals surface area contributed by atoms with Crippen LogP contribution in [0.2, 0.25) is 0 Å². The Morgan fingerprint density at radius 1 is 1.38 bits per heavy atom. The third-order valence-electron chi connectivity index (χ3n) is 2.63. The van der Waals surface area contributed by atoms with Gasteiger partial charge in [-0.15, -0.1) is 0 Å². The first-order chi connectivity index (χ1) is 7.68. The number of Topliss-reactive ketones (excluding diaryl/α,β-unsaturated/α-hetero) is 1. The van der Waals surface area contributed by atoms with Crippen LogP contribution in [-0.4, -0.2) is 15.3 Å². The Bertz CT molecular complexity index is 514. The van der Waals surface area contributed by atoms with Crippen LogP contribution in [0.5, 0.6) is 0 Å². The first-order valence-electron chi connectivity index (χ1n) is 5.25. The highest BCUT2D eigenvalue weighted by Gasteiger charge is 2.07. The standard InChI is InChI=1S/C13H14N2O/c1-10-5-3-7-14-12(10)9-15-8-4-6-13(15)11(2)16/h3-8H,9H2,1-2H3. The molecule has 0 saturated carbocycles. The second-order valence-electron chi connectivity index (χ2n) is 3.84. The molecule has 0 atom stereocenters. The molecule has 2 aromatic rings. The van der Waals surface area contributed by atoms with E-state index in [9.17, 15) is 4.79 Å². The molecule has 0 bridgehead atoms. The number of carbonyl (C=O) groups is 1. The summed E-state index contributed by atoms with van der Waals surface area (Å²) in [6, 6.07) is 7.66. The highest BCUT2D eigenvalue weighted by molar-refractivity contribution is 5.92. The normalized spacial score (nSPS) is 10.4. The van der Waals surface area contributed by atoms with Gasteiger partial charge in [-0.3, -0.25) is 9.78 Å². The zero-order chi connectivity index (χ0) is 11.5. The number of aryl methyl sites for hydroxylation is 1. The minimum Gasteiger partial charge on any atom is -0.339 e. The summed E-state index contributed by atoms with van der Waals surface area (Å²) >= 11 is 0. The van der Waals surface area contributed by atoms with Crippen molar-refractivity contribution in [1.82, 2.24) is 9.55 Å². The van der Waals surface area contributed by atoms with Crippen molar-refractivity contribution in [2.24, 2.45) is 0 Å². The van der Waals surface area contributed by atoms with Crippen molar-refractivity contribution < 1.29 is 4.79 Å². The van der Waals surface area contributed by atoms with Gasteiger partial charge < -0.3 is 4.57 Å². The molecule has 3 nitrogen and oxygen atoms in total. The Kier molecular flexibility index (Phi) is 2.86. The highest BCUT2D eigenvalue weighted by atomic mass is 16.1. The molecule has 16 heavy (non-hydrogen) atoms. The number of carbonyl (C=O) groups excluding carboxylic acids is 1. The lowest BCUT2D eigenvalue weighted by atomic mass is 10.2. The Hall–Kier alpha value is -1.90. The summed E-state index contributed by atoms with van der Waals surface area (Å²) in [6.45, 7) is 4.25. The number of nitrogens with zero attached hydrogens (tertiary/aromatic N) is 2. The van der Waals surface area contributed by atoms with Crippen LogP contribution in [0.15, 0.2) is 36.7 Å². The fourth-order valence-electron chi connectivity index (χ4n) is 1.72. The Balaban J connectivity index is 2.31. The molecule has 0 aliphatic rings. The van der Waals surface area contributed by atoms with Gasteiger partial charge in [0.05, 0.1) is 17.9 Å². The van der Waals surface area contributed by atoms with Crippen molar-refractivity contribution in [3.05, 3.63) is 53.6 Å². The zero-order valence-electron chi connectivity index (χ0n) is 9.47. The molecule has 0 aromatic carbocycles. The maximum Gasteiger partial charge on any atom is 0.176 e. The molecule has 0 aliphatic heterocycles. The van der Waals surface area contributed by atoms with Crippen LogP contribution in [0.1, 0.15) is 28.7 Å². The SMILES string of the molecule is CC(=O)c1cccn1Cc1ncccc1C. The van der Waals surface area contributed by atoms with Crippen molar-refractivity contribution in [3.63, 3.8) is 0 Å². The van der Waals surface area contributed by atoms with Crippen molar-refractivity contribution in [2.45, 2.75) is 20.4 Å². The molecule has 82 valence electrons. The van der Waals surface area contributed by atoms with Gasteiger partial charge in [-0.1, -0.05) is 6.07 Å². The molecule has 3 heteroatoms. The number of ketones is 1. The van der Waals surface area contributed by atoms with Gasteiger partial charge in [0.2, 0.25) is 0 Å². The third kappa shape index (κ3) is 2.03. The molecule has 0 radical (unpaired) electrons. The first-order valence-corrected chi connectivity index (χ1v) is 5.25. The largest absolute Gasteiger partial charge is 0.339 e. The van der Waals surface area contributed by atoms with E-state index in [-0.39, 0.29) is 5.78 Å². The number of aromatic nitrogens is 2. The van der Waals surface area contributed by atoms with Crippen LogP contribution in [-0.2, 0) is 6.54 Å². The van der Waals surface area contributed by atoms with Gasteiger partial charge in [-0.25, -0.2) is 0 Å². The molecular weight excluding hydrogens is 200 g/mol. The molecule has 0 amide bonds. The molecule has 2 aromatic heterocycles. The molecule has 0 N–H and O–H groups in total. The summed E-state index contributed by atoms with van der Waals surface area (Å²) in [4.78, 5) is 15.7. The van der Waals surface area contributed by atoms with E-state index >= 15 is 0 Å². The fraction of sp³-hybridized carbons (Fsp3) is 0.231. The summed E-state index contributed by atoms with van der Waals surface area (Å²) in [6.07, 6.45) is 3.68. The molecule has 0 aliphatic carbocycles. The van der Waals surface area contributed by atoms with Crippen LogP contribution in [0.4, 0.5) is 0 Å². The van der Waals surface area contributed by atoms with Gasteiger partial charge >= 0.3 is 0 Å². The summed E-state index contributed by atoms with van der Waals surface area (Å²) in [5.74, 6) is 0.0820. The number of rotatable bonds is 3. The quantitative estimate of drug-likeness (QED) is 0.735. The van der Waals surface area contributed by atoms with E-state index in [4.69, 9.17) is 0 Å². The monoisotopic (exact) mass is 214 g/mol. The molecular formula is C13H14N2O. The van der Waals surface area contributed by atoms with Crippen LogP contribution >= 0.6 is 0 Å². The third-order valence-corrected chi connectivity index (χ3v) is 2.63. The van der Waals surface area contributed by atoms with Crippen molar-refractivity contribution >= 4 is 5.78 Å². The fourth-order valence-corrected chi connectivity index (χ4v) is 1.72. The van der Waals surface area contributed by atoms with Gasteiger partial charge in [0, 0.05) is 19.3 Å². The average molecular weight is 214 g/mol. The van der Waals surface area contributed by atoms with Crippen molar-refractivity contribution in [2.75, 3.05) is 0 Å². The Labute approximate surface area is 94.7 Å². The van der Waals surface area contributed by atoms with Crippen LogP contribution < -0.4 is 0 Å². The molecule has 2 rings (SSSR count).